The normalized spacial score (nSPS) is 16.1. The van der Waals surface area contributed by atoms with Gasteiger partial charge in [0.05, 0.1) is 36.0 Å². The molecule has 1 N–H and O–H groups in total. The number of rotatable bonds is 2. The fourth-order valence-corrected chi connectivity index (χ4v) is 2.07. The molecule has 3 rings (SSSR count). The molecule has 1 fully saturated rings. The number of hydrogen-bond donors (Lipinski definition) is 1. The van der Waals surface area contributed by atoms with Crippen LogP contribution in [0, 0.1) is 6.92 Å². The van der Waals surface area contributed by atoms with Crippen molar-refractivity contribution in [3.05, 3.63) is 29.5 Å². The number of aryl methyl sites for hydroxylation is 1. The number of carbonyl (C=O) groups is 1. The zero-order valence-corrected chi connectivity index (χ0v) is 9.38. The molecule has 2 heterocycles. The molecule has 5 nitrogen and oxygen atoms in total. The first-order chi connectivity index (χ1) is 8.16. The average Bonchev–Trinajstić information content (AvgIpc) is 2.54. The van der Waals surface area contributed by atoms with Crippen molar-refractivity contribution >= 4 is 16.9 Å². The second-order valence-corrected chi connectivity index (χ2v) is 4.26. The molecule has 1 aliphatic rings. The molecule has 0 atom stereocenters. The number of nitrogens with zero attached hydrogens (tertiary/aromatic N) is 2. The van der Waals surface area contributed by atoms with Crippen LogP contribution in [0.1, 0.15) is 22.1 Å². The molecule has 5 heteroatoms. The van der Waals surface area contributed by atoms with Crippen molar-refractivity contribution in [2.75, 3.05) is 13.2 Å². The molecule has 17 heavy (non-hydrogen) atoms. The topological polar surface area (TPSA) is 64.4 Å². The summed E-state index contributed by atoms with van der Waals surface area (Å²) in [5.74, 6) is -0.911. The summed E-state index contributed by atoms with van der Waals surface area (Å²) in [6.45, 7) is 3.25. The Morgan fingerprint density at radius 1 is 1.53 bits per heavy atom. The predicted molar refractivity (Wildman–Crippen MR) is 61.3 cm³/mol. The van der Waals surface area contributed by atoms with Crippen LogP contribution in [0.5, 0.6) is 0 Å². The van der Waals surface area contributed by atoms with Gasteiger partial charge in [0.1, 0.15) is 0 Å². The monoisotopic (exact) mass is 232 g/mol. The maximum Gasteiger partial charge on any atom is 0.335 e. The smallest absolute Gasteiger partial charge is 0.335 e. The van der Waals surface area contributed by atoms with Crippen molar-refractivity contribution in [2.24, 2.45) is 0 Å². The van der Waals surface area contributed by atoms with Crippen LogP contribution in [0.4, 0.5) is 0 Å². The van der Waals surface area contributed by atoms with E-state index in [1.165, 1.54) is 0 Å². The molecule has 0 aliphatic carbocycles. The largest absolute Gasteiger partial charge is 0.478 e. The van der Waals surface area contributed by atoms with Crippen molar-refractivity contribution < 1.29 is 14.6 Å². The van der Waals surface area contributed by atoms with Gasteiger partial charge in [-0.25, -0.2) is 4.79 Å². The zero-order valence-electron chi connectivity index (χ0n) is 9.38. The van der Waals surface area contributed by atoms with Crippen LogP contribution in [-0.2, 0) is 4.74 Å². The van der Waals surface area contributed by atoms with E-state index < -0.39 is 5.97 Å². The van der Waals surface area contributed by atoms with Gasteiger partial charge in [0.2, 0.25) is 0 Å². The number of carboxylic acids is 1. The summed E-state index contributed by atoms with van der Waals surface area (Å²) in [5.41, 5.74) is 2.13. The minimum absolute atomic E-state index is 0.280. The Morgan fingerprint density at radius 3 is 2.88 bits per heavy atom. The highest BCUT2D eigenvalue weighted by atomic mass is 16.5. The molecular formula is C12H12N2O3. The molecule has 1 aromatic carbocycles. The third-order valence-electron chi connectivity index (χ3n) is 3.10. The van der Waals surface area contributed by atoms with Gasteiger partial charge in [-0.3, -0.25) is 4.68 Å². The molecule has 0 radical (unpaired) electrons. The molecule has 0 bridgehead atoms. The van der Waals surface area contributed by atoms with E-state index in [1.807, 2.05) is 17.7 Å². The lowest BCUT2D eigenvalue weighted by Crippen LogP contribution is -2.31. The summed E-state index contributed by atoms with van der Waals surface area (Å²) in [6.07, 6.45) is 0. The van der Waals surface area contributed by atoms with E-state index in [4.69, 9.17) is 9.84 Å². The summed E-state index contributed by atoms with van der Waals surface area (Å²) in [7, 11) is 0. The molecule has 0 saturated carbocycles. The number of ether oxygens (including phenoxy) is 1. The molecule has 0 amide bonds. The van der Waals surface area contributed by atoms with Gasteiger partial charge in [-0.05, 0) is 25.1 Å². The van der Waals surface area contributed by atoms with Crippen molar-refractivity contribution in [1.82, 2.24) is 9.78 Å². The van der Waals surface area contributed by atoms with E-state index in [1.54, 1.807) is 12.1 Å². The predicted octanol–water partition coefficient (Wildman–Crippen LogP) is 1.61. The summed E-state index contributed by atoms with van der Waals surface area (Å²) in [5, 5.41) is 14.3. The minimum atomic E-state index is -0.911. The molecule has 0 spiro atoms. The van der Waals surface area contributed by atoms with E-state index in [2.05, 4.69) is 5.10 Å². The van der Waals surface area contributed by atoms with E-state index in [0.29, 0.717) is 18.8 Å². The maximum atomic E-state index is 10.9. The Labute approximate surface area is 97.6 Å². The quantitative estimate of drug-likeness (QED) is 0.854. The third-order valence-corrected chi connectivity index (χ3v) is 3.10. The van der Waals surface area contributed by atoms with Crippen LogP contribution in [0.3, 0.4) is 0 Å². The van der Waals surface area contributed by atoms with E-state index in [0.717, 1.165) is 16.6 Å². The number of carboxylic acid groups (broad SMARTS) is 1. The Bertz CT molecular complexity index is 599. The molecule has 88 valence electrons. The van der Waals surface area contributed by atoms with Crippen molar-refractivity contribution in [3.8, 4) is 0 Å². The van der Waals surface area contributed by atoms with E-state index >= 15 is 0 Å². The van der Waals surface area contributed by atoms with Gasteiger partial charge >= 0.3 is 5.97 Å². The lowest BCUT2D eigenvalue weighted by atomic mass is 10.1. The minimum Gasteiger partial charge on any atom is -0.478 e. The highest BCUT2D eigenvalue weighted by molar-refractivity contribution is 5.94. The fraction of sp³-hybridized carbons (Fsp3) is 0.333. The summed E-state index contributed by atoms with van der Waals surface area (Å²) >= 11 is 0. The van der Waals surface area contributed by atoms with Gasteiger partial charge in [-0.1, -0.05) is 0 Å². The van der Waals surface area contributed by atoms with Crippen LogP contribution in [0.15, 0.2) is 18.2 Å². The van der Waals surface area contributed by atoms with Gasteiger partial charge < -0.3 is 9.84 Å². The standard InChI is InChI=1S/C12H12N2O3/c1-7-10-4-8(12(15)16)2-3-11(10)14(13-7)9-5-17-6-9/h2-4,9H,5-6H2,1H3,(H,15,16). The van der Waals surface area contributed by atoms with Gasteiger partial charge in [-0.15, -0.1) is 0 Å². The second-order valence-electron chi connectivity index (χ2n) is 4.26. The van der Waals surface area contributed by atoms with Crippen LogP contribution in [0.25, 0.3) is 10.9 Å². The number of aromatic carboxylic acids is 1. The number of benzene rings is 1. The van der Waals surface area contributed by atoms with Gasteiger partial charge in [0.25, 0.3) is 0 Å². The van der Waals surface area contributed by atoms with Crippen molar-refractivity contribution in [1.29, 1.82) is 0 Å². The number of hydrogen-bond acceptors (Lipinski definition) is 3. The second kappa shape index (κ2) is 3.56. The van der Waals surface area contributed by atoms with Crippen molar-refractivity contribution in [3.63, 3.8) is 0 Å². The highest BCUT2D eigenvalue weighted by Gasteiger charge is 2.24. The summed E-state index contributed by atoms with van der Waals surface area (Å²) in [6, 6.07) is 5.39. The Balaban J connectivity index is 2.17. The first-order valence-corrected chi connectivity index (χ1v) is 5.47. The number of aromatic nitrogens is 2. The van der Waals surface area contributed by atoms with Gasteiger partial charge in [0, 0.05) is 5.39 Å². The SMILES string of the molecule is Cc1nn(C2COC2)c2ccc(C(=O)O)cc12. The van der Waals surface area contributed by atoms with Gasteiger partial charge in [-0.2, -0.15) is 5.10 Å². The van der Waals surface area contributed by atoms with Gasteiger partial charge in [0.15, 0.2) is 0 Å². The Morgan fingerprint density at radius 2 is 2.29 bits per heavy atom. The summed E-state index contributed by atoms with van der Waals surface area (Å²) < 4.78 is 7.08. The molecule has 0 unspecified atom stereocenters. The highest BCUT2D eigenvalue weighted by Crippen LogP contribution is 2.26. The lowest BCUT2D eigenvalue weighted by Gasteiger charge is -2.26. The van der Waals surface area contributed by atoms with Crippen LogP contribution < -0.4 is 0 Å². The Hall–Kier alpha value is -1.88. The fourth-order valence-electron chi connectivity index (χ4n) is 2.07. The van der Waals surface area contributed by atoms with E-state index in [9.17, 15) is 4.79 Å². The summed E-state index contributed by atoms with van der Waals surface area (Å²) in [4.78, 5) is 10.9. The maximum absolute atomic E-state index is 10.9. The molecule has 1 aliphatic heterocycles. The van der Waals surface area contributed by atoms with Crippen LogP contribution >= 0.6 is 0 Å². The third kappa shape index (κ3) is 1.51. The first kappa shape index (κ1) is 10.3. The number of fused-ring (bicyclic) bond motifs is 1. The molecule has 1 saturated heterocycles. The van der Waals surface area contributed by atoms with Crippen molar-refractivity contribution in [2.45, 2.75) is 13.0 Å². The lowest BCUT2D eigenvalue weighted by molar-refractivity contribution is -0.0267. The molecule has 1 aromatic heterocycles. The molecule has 2 aromatic rings. The zero-order chi connectivity index (χ0) is 12.0. The van der Waals surface area contributed by atoms with Crippen LogP contribution in [0.2, 0.25) is 0 Å². The Kier molecular flexibility index (Phi) is 2.16. The van der Waals surface area contributed by atoms with Crippen LogP contribution in [-0.4, -0.2) is 34.1 Å². The van der Waals surface area contributed by atoms with E-state index in [-0.39, 0.29) is 6.04 Å². The first-order valence-electron chi connectivity index (χ1n) is 5.47. The molecular weight excluding hydrogens is 220 g/mol. The average molecular weight is 232 g/mol.